The third-order valence-electron chi connectivity index (χ3n) is 1.87. The number of hydrogen-bond acceptors (Lipinski definition) is 2. The molecule has 0 aromatic carbocycles. The fourth-order valence-corrected chi connectivity index (χ4v) is 2.70. The van der Waals surface area contributed by atoms with E-state index in [2.05, 4.69) is 29.8 Å². The highest BCUT2D eigenvalue weighted by atomic mass is 79.9. The lowest BCUT2D eigenvalue weighted by Crippen LogP contribution is -1.98. The summed E-state index contributed by atoms with van der Waals surface area (Å²) in [6.07, 6.45) is 1.55. The molecule has 0 bridgehead atoms. The second-order valence-electron chi connectivity index (χ2n) is 3.59. The molecule has 1 aromatic rings. The van der Waals surface area contributed by atoms with E-state index < -0.39 is 0 Å². The molecular weight excluding hydrogens is 284 g/mol. The first-order valence-corrected chi connectivity index (χ1v) is 6.47. The summed E-state index contributed by atoms with van der Waals surface area (Å²) in [6, 6.07) is 1.74. The maximum absolute atomic E-state index is 11.6. The summed E-state index contributed by atoms with van der Waals surface area (Å²) in [4.78, 5) is 12.4. The Morgan fingerprint density at radius 2 is 2.29 bits per heavy atom. The van der Waals surface area contributed by atoms with E-state index in [0.29, 0.717) is 17.4 Å². The number of rotatable bonds is 4. The van der Waals surface area contributed by atoms with Crippen molar-refractivity contribution in [2.45, 2.75) is 26.7 Å². The number of hydrogen-bond donors (Lipinski definition) is 0. The molecule has 0 saturated heterocycles. The molecule has 0 aliphatic rings. The molecule has 0 radical (unpaired) electrons. The Kier molecular flexibility index (Phi) is 4.61. The molecule has 0 aliphatic heterocycles. The van der Waals surface area contributed by atoms with Crippen molar-refractivity contribution in [2.75, 3.05) is 0 Å². The topological polar surface area (TPSA) is 17.1 Å². The molecule has 4 heteroatoms. The van der Waals surface area contributed by atoms with Gasteiger partial charge in [0, 0.05) is 6.42 Å². The molecule has 0 spiro atoms. The van der Waals surface area contributed by atoms with E-state index in [1.54, 1.807) is 6.07 Å². The zero-order chi connectivity index (χ0) is 10.7. The van der Waals surface area contributed by atoms with Crippen LogP contribution >= 0.6 is 38.9 Å². The average Bonchev–Trinajstić information content (AvgIpc) is 2.43. The van der Waals surface area contributed by atoms with Crippen LogP contribution < -0.4 is 0 Å². The fraction of sp³-hybridized carbons (Fsp3) is 0.500. The monoisotopic (exact) mass is 294 g/mol. The number of carbonyl (C=O) groups is 1. The van der Waals surface area contributed by atoms with Gasteiger partial charge in [0.25, 0.3) is 0 Å². The van der Waals surface area contributed by atoms with Crippen molar-refractivity contribution in [1.29, 1.82) is 0 Å². The van der Waals surface area contributed by atoms with Crippen molar-refractivity contribution in [1.82, 2.24) is 0 Å². The molecule has 0 aliphatic carbocycles. The normalized spacial score (nSPS) is 10.9. The molecule has 1 nitrogen and oxygen atoms in total. The highest BCUT2D eigenvalue weighted by molar-refractivity contribution is 9.11. The Hall–Kier alpha value is 0.140. The van der Waals surface area contributed by atoms with E-state index in [0.717, 1.165) is 15.1 Å². The first-order chi connectivity index (χ1) is 6.50. The number of ketones is 1. The van der Waals surface area contributed by atoms with Crippen LogP contribution in [0.15, 0.2) is 9.85 Å². The predicted molar refractivity (Wildman–Crippen MR) is 65.4 cm³/mol. The fourth-order valence-electron chi connectivity index (χ4n) is 1.03. The largest absolute Gasteiger partial charge is 0.293 e. The minimum absolute atomic E-state index is 0.191. The Morgan fingerprint density at radius 1 is 1.64 bits per heavy atom. The maximum atomic E-state index is 11.6. The number of halogens is 2. The average molecular weight is 296 g/mol. The van der Waals surface area contributed by atoms with Gasteiger partial charge in [-0.1, -0.05) is 25.4 Å². The first kappa shape index (κ1) is 12.2. The van der Waals surface area contributed by atoms with Gasteiger partial charge in [0.2, 0.25) is 0 Å². The van der Waals surface area contributed by atoms with E-state index >= 15 is 0 Å². The lowest BCUT2D eigenvalue weighted by atomic mass is 10.1. The lowest BCUT2D eigenvalue weighted by molar-refractivity contribution is 0.0979. The number of Topliss-reactive ketones (excluding diaryl/α,β-unsaturated/α-hetero) is 1. The molecular formula is C10H12BrClOS. The molecule has 14 heavy (non-hydrogen) atoms. The summed E-state index contributed by atoms with van der Waals surface area (Å²) in [5, 5.41) is 0.628. The van der Waals surface area contributed by atoms with Gasteiger partial charge in [-0.2, -0.15) is 0 Å². The Balaban J connectivity index is 2.61. The van der Waals surface area contributed by atoms with Gasteiger partial charge in [0.05, 0.1) is 13.7 Å². The van der Waals surface area contributed by atoms with Crippen LogP contribution in [0.25, 0.3) is 0 Å². The smallest absolute Gasteiger partial charge is 0.172 e. The van der Waals surface area contributed by atoms with Gasteiger partial charge in [0.1, 0.15) is 0 Å². The van der Waals surface area contributed by atoms with Crippen LogP contribution in [0.5, 0.6) is 0 Å². The number of carbonyl (C=O) groups excluding carboxylic acids is 1. The summed E-state index contributed by atoms with van der Waals surface area (Å²) in [6.45, 7) is 4.23. The standard InChI is InChI=1S/C10H12BrClOS/c1-6(2)3-4-8(13)9-5-7(12)10(11)14-9/h5-6H,3-4H2,1-2H3. The maximum Gasteiger partial charge on any atom is 0.172 e. The van der Waals surface area contributed by atoms with E-state index in [1.165, 1.54) is 11.3 Å². The van der Waals surface area contributed by atoms with Crippen LogP contribution in [0, 0.1) is 5.92 Å². The van der Waals surface area contributed by atoms with Gasteiger partial charge in [-0.25, -0.2) is 0 Å². The van der Waals surface area contributed by atoms with Crippen LogP contribution in [0.1, 0.15) is 36.4 Å². The van der Waals surface area contributed by atoms with Crippen molar-refractivity contribution in [3.63, 3.8) is 0 Å². The predicted octanol–water partition coefficient (Wildman–Crippen LogP) is 4.78. The highest BCUT2D eigenvalue weighted by Gasteiger charge is 2.12. The van der Waals surface area contributed by atoms with Crippen LogP contribution in [0.2, 0.25) is 5.02 Å². The zero-order valence-corrected chi connectivity index (χ0v) is 11.3. The van der Waals surface area contributed by atoms with Crippen molar-refractivity contribution in [2.24, 2.45) is 5.92 Å². The van der Waals surface area contributed by atoms with E-state index in [1.807, 2.05) is 0 Å². The summed E-state index contributed by atoms with van der Waals surface area (Å²) < 4.78 is 0.840. The summed E-state index contributed by atoms with van der Waals surface area (Å²) in [5.41, 5.74) is 0. The van der Waals surface area contributed by atoms with Gasteiger partial charge in [-0.15, -0.1) is 11.3 Å². The SMILES string of the molecule is CC(C)CCC(=O)c1cc(Cl)c(Br)s1. The summed E-state index contributed by atoms with van der Waals surface area (Å²) in [7, 11) is 0. The summed E-state index contributed by atoms with van der Waals surface area (Å²) >= 11 is 10.6. The van der Waals surface area contributed by atoms with Gasteiger partial charge in [-0.05, 0) is 34.3 Å². The Labute approximate surface area is 102 Å². The summed E-state index contributed by atoms with van der Waals surface area (Å²) in [5.74, 6) is 0.758. The molecule has 0 atom stereocenters. The van der Waals surface area contributed by atoms with E-state index in [4.69, 9.17) is 11.6 Å². The van der Waals surface area contributed by atoms with Crippen molar-refractivity contribution >= 4 is 44.7 Å². The van der Waals surface area contributed by atoms with Gasteiger partial charge in [-0.3, -0.25) is 4.79 Å². The second kappa shape index (κ2) is 5.29. The Morgan fingerprint density at radius 3 is 2.71 bits per heavy atom. The lowest BCUT2D eigenvalue weighted by Gasteiger charge is -2.01. The Bertz CT molecular complexity index is 313. The first-order valence-electron chi connectivity index (χ1n) is 4.48. The molecule has 78 valence electrons. The van der Waals surface area contributed by atoms with Gasteiger partial charge in [0.15, 0.2) is 5.78 Å². The minimum atomic E-state index is 0.191. The third-order valence-corrected chi connectivity index (χ3v) is 4.38. The molecule has 0 amide bonds. The molecule has 1 heterocycles. The van der Waals surface area contributed by atoms with Crippen LogP contribution in [0.4, 0.5) is 0 Å². The molecule has 0 saturated carbocycles. The van der Waals surface area contributed by atoms with Crippen LogP contribution in [-0.2, 0) is 0 Å². The van der Waals surface area contributed by atoms with E-state index in [-0.39, 0.29) is 5.78 Å². The van der Waals surface area contributed by atoms with Crippen molar-refractivity contribution < 1.29 is 4.79 Å². The van der Waals surface area contributed by atoms with Gasteiger partial charge < -0.3 is 0 Å². The van der Waals surface area contributed by atoms with Crippen molar-refractivity contribution in [3.8, 4) is 0 Å². The quantitative estimate of drug-likeness (QED) is 0.730. The number of thiophene rings is 1. The molecule has 0 N–H and O–H groups in total. The third kappa shape index (κ3) is 3.37. The minimum Gasteiger partial charge on any atom is -0.293 e. The van der Waals surface area contributed by atoms with Gasteiger partial charge >= 0.3 is 0 Å². The highest BCUT2D eigenvalue weighted by Crippen LogP contribution is 2.32. The molecule has 1 aromatic heterocycles. The van der Waals surface area contributed by atoms with Crippen LogP contribution in [-0.4, -0.2) is 5.78 Å². The molecule has 0 fully saturated rings. The zero-order valence-electron chi connectivity index (χ0n) is 8.14. The molecule has 1 rings (SSSR count). The second-order valence-corrected chi connectivity index (χ2v) is 6.37. The van der Waals surface area contributed by atoms with E-state index in [9.17, 15) is 4.79 Å². The molecule has 0 unspecified atom stereocenters. The van der Waals surface area contributed by atoms with Crippen molar-refractivity contribution in [3.05, 3.63) is 19.8 Å². The van der Waals surface area contributed by atoms with Crippen LogP contribution in [0.3, 0.4) is 0 Å².